The minimum atomic E-state index is 0.381. The number of nitrogens with two attached hydrogens (primary N) is 1. The van der Waals surface area contributed by atoms with Crippen LogP contribution >= 0.6 is 0 Å². The van der Waals surface area contributed by atoms with Crippen LogP contribution in [-0.4, -0.2) is 15.3 Å². The van der Waals surface area contributed by atoms with Gasteiger partial charge in [-0.2, -0.15) is 4.98 Å². The molecule has 18 heavy (non-hydrogen) atoms. The van der Waals surface area contributed by atoms with E-state index < -0.39 is 0 Å². The highest BCUT2D eigenvalue weighted by Crippen LogP contribution is 2.25. The first-order chi connectivity index (χ1) is 8.74. The Morgan fingerprint density at radius 1 is 1.22 bits per heavy atom. The molecule has 6 heteroatoms. The van der Waals surface area contributed by atoms with Crippen molar-refractivity contribution >= 4 is 5.69 Å². The Labute approximate surface area is 102 Å². The van der Waals surface area contributed by atoms with Crippen LogP contribution in [0.3, 0.4) is 0 Å². The van der Waals surface area contributed by atoms with Crippen LogP contribution < -0.4 is 5.73 Å². The van der Waals surface area contributed by atoms with Gasteiger partial charge in [0, 0.05) is 11.3 Å². The average molecular weight is 242 g/mol. The summed E-state index contributed by atoms with van der Waals surface area (Å²) in [7, 11) is 0. The van der Waals surface area contributed by atoms with E-state index in [0.717, 1.165) is 5.56 Å². The van der Waals surface area contributed by atoms with Crippen molar-refractivity contribution in [2.45, 2.75) is 6.92 Å². The van der Waals surface area contributed by atoms with E-state index in [0.29, 0.717) is 28.7 Å². The second kappa shape index (κ2) is 3.99. The van der Waals surface area contributed by atoms with Crippen molar-refractivity contribution in [2.75, 3.05) is 5.73 Å². The Morgan fingerprint density at radius 3 is 2.83 bits per heavy atom. The molecule has 2 aromatic heterocycles. The molecule has 0 unspecified atom stereocenters. The molecule has 0 saturated carbocycles. The molecule has 1 aromatic carbocycles. The summed E-state index contributed by atoms with van der Waals surface area (Å²) in [6.45, 7) is 1.78. The van der Waals surface area contributed by atoms with Gasteiger partial charge in [0.15, 0.2) is 0 Å². The molecule has 0 saturated heterocycles. The third-order valence-electron chi connectivity index (χ3n) is 2.55. The van der Waals surface area contributed by atoms with Gasteiger partial charge in [-0.05, 0) is 19.1 Å². The summed E-state index contributed by atoms with van der Waals surface area (Å²) >= 11 is 0. The molecule has 0 fully saturated rings. The third-order valence-corrected chi connectivity index (χ3v) is 2.55. The van der Waals surface area contributed by atoms with Crippen LogP contribution in [0.4, 0.5) is 5.69 Å². The maximum atomic E-state index is 5.71. The molecule has 0 atom stereocenters. The van der Waals surface area contributed by atoms with Gasteiger partial charge < -0.3 is 14.8 Å². The van der Waals surface area contributed by atoms with E-state index in [4.69, 9.17) is 14.8 Å². The van der Waals surface area contributed by atoms with Gasteiger partial charge in [-0.15, -0.1) is 0 Å². The molecule has 3 rings (SSSR count). The second-order valence-electron chi connectivity index (χ2n) is 3.84. The Bertz CT molecular complexity index is 687. The molecule has 0 aliphatic rings. The van der Waals surface area contributed by atoms with E-state index in [-0.39, 0.29) is 0 Å². The van der Waals surface area contributed by atoms with Crippen molar-refractivity contribution in [3.8, 4) is 22.8 Å². The smallest absolute Gasteiger partial charge is 0.263 e. The van der Waals surface area contributed by atoms with Crippen molar-refractivity contribution in [3.05, 3.63) is 36.2 Å². The molecule has 2 N–H and O–H groups in total. The lowest BCUT2D eigenvalue weighted by Crippen LogP contribution is -1.86. The molecule has 2 heterocycles. The number of hydrogen-bond acceptors (Lipinski definition) is 6. The molecule has 6 nitrogen and oxygen atoms in total. The highest BCUT2D eigenvalue weighted by atomic mass is 16.5. The first-order valence-corrected chi connectivity index (χ1v) is 5.35. The van der Waals surface area contributed by atoms with Crippen LogP contribution in [-0.2, 0) is 0 Å². The Hall–Kier alpha value is -2.63. The van der Waals surface area contributed by atoms with E-state index in [1.165, 1.54) is 0 Å². The third kappa shape index (κ3) is 1.73. The summed E-state index contributed by atoms with van der Waals surface area (Å²) < 4.78 is 10.1. The summed E-state index contributed by atoms with van der Waals surface area (Å²) in [4.78, 5) is 4.29. The SMILES string of the molecule is Cc1oncc1-c1nc(-c2cccc(N)c2)no1. The largest absolute Gasteiger partial charge is 0.399 e. The fraction of sp³-hybridized carbons (Fsp3) is 0.0833. The summed E-state index contributed by atoms with van der Waals surface area (Å²) in [5.41, 5.74) is 7.86. The molecule has 0 amide bonds. The van der Waals surface area contributed by atoms with Gasteiger partial charge in [-0.3, -0.25) is 0 Å². The van der Waals surface area contributed by atoms with E-state index in [1.807, 2.05) is 12.1 Å². The Balaban J connectivity index is 2.02. The summed E-state index contributed by atoms with van der Waals surface area (Å²) in [5.74, 6) is 1.50. The molecule has 3 aromatic rings. The van der Waals surface area contributed by atoms with Gasteiger partial charge in [-0.1, -0.05) is 22.4 Å². The second-order valence-corrected chi connectivity index (χ2v) is 3.84. The summed E-state index contributed by atoms with van der Waals surface area (Å²) in [6, 6.07) is 7.29. The first kappa shape index (κ1) is 10.5. The van der Waals surface area contributed by atoms with Crippen LogP contribution in [0, 0.1) is 6.92 Å². The molecular formula is C12H10N4O2. The van der Waals surface area contributed by atoms with Crippen molar-refractivity contribution in [1.29, 1.82) is 0 Å². The van der Waals surface area contributed by atoms with Crippen molar-refractivity contribution in [1.82, 2.24) is 15.3 Å². The molecular weight excluding hydrogens is 232 g/mol. The van der Waals surface area contributed by atoms with Gasteiger partial charge in [0.2, 0.25) is 5.82 Å². The number of rotatable bonds is 2. The zero-order valence-corrected chi connectivity index (χ0v) is 9.62. The van der Waals surface area contributed by atoms with E-state index in [9.17, 15) is 0 Å². The van der Waals surface area contributed by atoms with E-state index in [2.05, 4.69) is 15.3 Å². The maximum absolute atomic E-state index is 5.71. The van der Waals surface area contributed by atoms with Crippen LogP contribution in [0.15, 0.2) is 39.5 Å². The standard InChI is InChI=1S/C12H10N4O2/c1-7-10(6-14-17-7)12-15-11(16-18-12)8-3-2-4-9(13)5-8/h2-6H,13H2,1H3. The highest BCUT2D eigenvalue weighted by molar-refractivity contribution is 5.63. The van der Waals surface area contributed by atoms with Crippen molar-refractivity contribution < 1.29 is 9.05 Å². The van der Waals surface area contributed by atoms with Crippen molar-refractivity contribution in [3.63, 3.8) is 0 Å². The number of nitrogens with zero attached hydrogens (tertiary/aromatic N) is 3. The lowest BCUT2D eigenvalue weighted by atomic mass is 10.2. The molecule has 0 aliphatic carbocycles. The lowest BCUT2D eigenvalue weighted by molar-refractivity contribution is 0.395. The Kier molecular flexibility index (Phi) is 2.33. The summed E-state index contributed by atoms with van der Waals surface area (Å²) in [6.07, 6.45) is 1.55. The number of benzene rings is 1. The summed E-state index contributed by atoms with van der Waals surface area (Å²) in [5, 5.41) is 7.58. The number of aryl methyl sites for hydroxylation is 1. The highest BCUT2D eigenvalue weighted by Gasteiger charge is 2.15. The van der Waals surface area contributed by atoms with Gasteiger partial charge >= 0.3 is 0 Å². The monoisotopic (exact) mass is 242 g/mol. The average Bonchev–Trinajstić information content (AvgIpc) is 2.97. The van der Waals surface area contributed by atoms with Crippen molar-refractivity contribution in [2.24, 2.45) is 0 Å². The quantitative estimate of drug-likeness (QED) is 0.693. The number of aromatic nitrogens is 3. The number of hydrogen-bond donors (Lipinski definition) is 1. The molecule has 0 aliphatic heterocycles. The fourth-order valence-corrected chi connectivity index (χ4v) is 1.63. The normalized spacial score (nSPS) is 10.7. The van der Waals surface area contributed by atoms with Gasteiger partial charge in [0.05, 0.1) is 6.20 Å². The minimum Gasteiger partial charge on any atom is -0.399 e. The topological polar surface area (TPSA) is 91.0 Å². The first-order valence-electron chi connectivity index (χ1n) is 5.35. The minimum absolute atomic E-state index is 0.381. The predicted octanol–water partition coefficient (Wildman–Crippen LogP) is 2.28. The molecule has 0 spiro atoms. The maximum Gasteiger partial charge on any atom is 0.263 e. The Morgan fingerprint density at radius 2 is 2.11 bits per heavy atom. The van der Waals surface area contributed by atoms with Crippen LogP contribution in [0.25, 0.3) is 22.8 Å². The number of anilines is 1. The molecule has 0 radical (unpaired) electrons. The van der Waals surface area contributed by atoms with Gasteiger partial charge in [0.1, 0.15) is 11.3 Å². The van der Waals surface area contributed by atoms with E-state index >= 15 is 0 Å². The predicted molar refractivity (Wildman–Crippen MR) is 64.4 cm³/mol. The van der Waals surface area contributed by atoms with Gasteiger partial charge in [0.25, 0.3) is 5.89 Å². The van der Waals surface area contributed by atoms with Crippen LogP contribution in [0.1, 0.15) is 5.76 Å². The zero-order valence-electron chi connectivity index (χ0n) is 9.62. The van der Waals surface area contributed by atoms with Crippen LogP contribution in [0.2, 0.25) is 0 Å². The fourth-order valence-electron chi connectivity index (χ4n) is 1.63. The zero-order chi connectivity index (χ0) is 12.5. The molecule has 90 valence electrons. The molecule has 0 bridgehead atoms. The van der Waals surface area contributed by atoms with E-state index in [1.54, 1.807) is 25.3 Å². The lowest BCUT2D eigenvalue weighted by Gasteiger charge is -1.95. The number of nitrogen functional groups attached to an aromatic ring is 1. The van der Waals surface area contributed by atoms with Crippen LogP contribution in [0.5, 0.6) is 0 Å². The van der Waals surface area contributed by atoms with Gasteiger partial charge in [-0.25, -0.2) is 0 Å².